The van der Waals surface area contributed by atoms with Gasteiger partial charge < -0.3 is 10.2 Å². The van der Waals surface area contributed by atoms with E-state index in [1.54, 1.807) is 11.3 Å². The summed E-state index contributed by atoms with van der Waals surface area (Å²) in [5.41, 5.74) is 0.943. The number of aromatic nitrogens is 2. The van der Waals surface area contributed by atoms with E-state index in [9.17, 15) is 4.79 Å². The van der Waals surface area contributed by atoms with E-state index < -0.39 is 0 Å². The minimum absolute atomic E-state index is 0. The Morgan fingerprint density at radius 1 is 1.41 bits per heavy atom. The number of aromatic amines is 1. The van der Waals surface area contributed by atoms with Gasteiger partial charge in [0.1, 0.15) is 0 Å². The monoisotopic (exact) mass is 322 g/mol. The number of carbonyl (C=O) groups excluding carboxylic acids is 1. The number of hydrogen-bond donors (Lipinski definition) is 2. The summed E-state index contributed by atoms with van der Waals surface area (Å²) in [7, 11) is 0. The smallest absolute Gasteiger partial charge is 0.225 e. The number of rotatable bonds is 6. The summed E-state index contributed by atoms with van der Waals surface area (Å²) in [4.78, 5) is 15.6. The normalized spacial score (nSPS) is 15.8. The van der Waals surface area contributed by atoms with Gasteiger partial charge in [-0.1, -0.05) is 12.5 Å². The van der Waals surface area contributed by atoms with Gasteiger partial charge in [-0.2, -0.15) is 5.10 Å². The fourth-order valence-corrected chi connectivity index (χ4v) is 3.49. The molecule has 2 N–H and O–H groups in total. The molecule has 1 saturated heterocycles. The molecule has 1 amide bonds. The van der Waals surface area contributed by atoms with E-state index in [-0.39, 0.29) is 8.76 Å². The van der Waals surface area contributed by atoms with E-state index in [0.29, 0.717) is 12.2 Å². The maximum absolute atomic E-state index is 12.0. The molecule has 0 spiro atoms. The number of hydrogen-bond acceptors (Lipinski definition) is 4. The second-order valence-corrected chi connectivity index (χ2v) is 6.65. The second kappa shape index (κ2) is 7.56. The van der Waals surface area contributed by atoms with Crippen LogP contribution in [0, 0.1) is 0 Å². The first-order valence-corrected chi connectivity index (χ1v) is 8.81. The van der Waals surface area contributed by atoms with Crippen LogP contribution in [-0.2, 0) is 4.79 Å². The first-order valence-electron chi connectivity index (χ1n) is 7.93. The average molecular weight is 322 g/mol. The molecule has 1 aliphatic rings. The third kappa shape index (κ3) is 4.18. The molecule has 1 fully saturated rings. The predicted molar refractivity (Wildman–Crippen MR) is 94.3 cm³/mol. The molecule has 3 rings (SSSR count). The van der Waals surface area contributed by atoms with Gasteiger partial charge in [-0.25, -0.2) is 0 Å². The van der Waals surface area contributed by atoms with Crippen molar-refractivity contribution in [3.8, 4) is 10.6 Å². The fourth-order valence-electron chi connectivity index (χ4n) is 2.80. The van der Waals surface area contributed by atoms with Crippen LogP contribution in [0.25, 0.3) is 10.6 Å². The van der Waals surface area contributed by atoms with Gasteiger partial charge in [-0.05, 0) is 50.3 Å². The number of likely N-dealkylation sites (tertiary alicyclic amines) is 1. The Labute approximate surface area is 137 Å². The lowest BCUT2D eigenvalue weighted by Gasteiger charge is -2.26. The van der Waals surface area contributed by atoms with Gasteiger partial charge in [0.25, 0.3) is 0 Å². The molecule has 0 unspecified atom stereocenters. The zero-order chi connectivity index (χ0) is 15.2. The number of amides is 1. The predicted octanol–water partition coefficient (Wildman–Crippen LogP) is 3.83. The topological polar surface area (TPSA) is 61.0 Å². The van der Waals surface area contributed by atoms with Gasteiger partial charge in [0.15, 0.2) is 5.82 Å². The molecule has 2 aromatic rings. The molecular formula is C16H26N4OS. The Balaban J connectivity index is 0.00000144. The van der Waals surface area contributed by atoms with Crippen molar-refractivity contribution in [2.75, 3.05) is 25.0 Å². The number of carbonyl (C=O) groups is 1. The summed E-state index contributed by atoms with van der Waals surface area (Å²) in [5, 5.41) is 12.0. The largest absolute Gasteiger partial charge is 0.309 e. The van der Waals surface area contributed by atoms with Crippen molar-refractivity contribution in [2.45, 2.75) is 32.1 Å². The van der Waals surface area contributed by atoms with Crippen molar-refractivity contribution in [2.24, 2.45) is 0 Å². The second-order valence-electron chi connectivity index (χ2n) is 5.70. The van der Waals surface area contributed by atoms with Crippen LogP contribution >= 0.6 is 11.3 Å². The molecule has 0 radical (unpaired) electrons. The highest BCUT2D eigenvalue weighted by Crippen LogP contribution is 2.24. The van der Waals surface area contributed by atoms with Crippen LogP contribution in [0.5, 0.6) is 0 Å². The Morgan fingerprint density at radius 2 is 2.27 bits per heavy atom. The first-order chi connectivity index (χ1) is 10.8. The lowest BCUT2D eigenvalue weighted by molar-refractivity contribution is -0.116. The SMILES string of the molecule is O=C(CCCN1CCCCC1)Nc1cc(-c2cccs2)[nH]n1.[HH].[HH]. The maximum Gasteiger partial charge on any atom is 0.225 e. The van der Waals surface area contributed by atoms with Gasteiger partial charge in [-0.15, -0.1) is 11.3 Å². The quantitative estimate of drug-likeness (QED) is 0.849. The van der Waals surface area contributed by atoms with Crippen LogP contribution in [0.1, 0.15) is 35.0 Å². The van der Waals surface area contributed by atoms with Crippen molar-refractivity contribution in [3.05, 3.63) is 23.6 Å². The lowest BCUT2D eigenvalue weighted by Crippen LogP contribution is -2.31. The summed E-state index contributed by atoms with van der Waals surface area (Å²) in [6.07, 6.45) is 5.41. The van der Waals surface area contributed by atoms with Crippen LogP contribution in [0.2, 0.25) is 0 Å². The highest BCUT2D eigenvalue weighted by Gasteiger charge is 2.11. The Morgan fingerprint density at radius 3 is 3.05 bits per heavy atom. The summed E-state index contributed by atoms with van der Waals surface area (Å²) < 4.78 is 0. The van der Waals surface area contributed by atoms with E-state index in [2.05, 4.69) is 20.4 Å². The number of nitrogens with one attached hydrogen (secondary N) is 2. The molecular weight excluding hydrogens is 296 g/mol. The molecule has 0 aliphatic carbocycles. The van der Waals surface area contributed by atoms with Gasteiger partial charge in [0.05, 0.1) is 10.6 Å². The fraction of sp³-hybridized carbons (Fsp3) is 0.500. The van der Waals surface area contributed by atoms with Crippen LogP contribution in [-0.4, -0.2) is 40.6 Å². The minimum Gasteiger partial charge on any atom is -0.309 e. The highest BCUT2D eigenvalue weighted by atomic mass is 32.1. The molecule has 1 aliphatic heterocycles. The van der Waals surface area contributed by atoms with Gasteiger partial charge in [0.2, 0.25) is 5.91 Å². The summed E-state index contributed by atoms with van der Waals surface area (Å²) >= 11 is 1.65. The zero-order valence-electron chi connectivity index (χ0n) is 12.7. The molecule has 122 valence electrons. The van der Waals surface area contributed by atoms with E-state index in [1.807, 2.05) is 23.6 Å². The standard InChI is InChI=1S/C16H22N4OS.2H2/c21-16(7-4-10-20-8-2-1-3-9-20)17-15-12-13(18-19-15)14-6-5-11-22-14;;/h5-6,11-12H,1-4,7-10H2,(H2,17,18,19,21);2*1H. The highest BCUT2D eigenvalue weighted by molar-refractivity contribution is 7.13. The van der Waals surface area contributed by atoms with E-state index >= 15 is 0 Å². The zero-order valence-corrected chi connectivity index (χ0v) is 13.5. The van der Waals surface area contributed by atoms with Crippen LogP contribution < -0.4 is 5.32 Å². The van der Waals surface area contributed by atoms with Gasteiger partial charge >= 0.3 is 0 Å². The number of anilines is 1. The third-order valence-corrected chi connectivity index (χ3v) is 4.86. The van der Waals surface area contributed by atoms with E-state index in [4.69, 9.17) is 0 Å². The van der Waals surface area contributed by atoms with Gasteiger partial charge in [-0.3, -0.25) is 9.89 Å². The Hall–Kier alpha value is -1.66. The van der Waals surface area contributed by atoms with Crippen molar-refractivity contribution < 1.29 is 7.65 Å². The molecule has 0 atom stereocenters. The number of thiophene rings is 1. The van der Waals surface area contributed by atoms with E-state index in [0.717, 1.165) is 23.5 Å². The number of nitrogens with zero attached hydrogens (tertiary/aromatic N) is 2. The first kappa shape index (κ1) is 15.2. The van der Waals surface area contributed by atoms with Crippen LogP contribution in [0.15, 0.2) is 23.6 Å². The van der Waals surface area contributed by atoms with Crippen LogP contribution in [0.3, 0.4) is 0 Å². The molecule has 6 heteroatoms. The molecule has 22 heavy (non-hydrogen) atoms. The molecule has 2 aromatic heterocycles. The summed E-state index contributed by atoms with van der Waals surface area (Å²) in [5.74, 6) is 0.646. The lowest BCUT2D eigenvalue weighted by atomic mass is 10.1. The molecule has 0 bridgehead atoms. The Kier molecular flexibility index (Phi) is 5.24. The van der Waals surface area contributed by atoms with Crippen LogP contribution in [0.4, 0.5) is 5.82 Å². The van der Waals surface area contributed by atoms with E-state index in [1.165, 1.54) is 32.4 Å². The number of H-pyrrole nitrogens is 1. The van der Waals surface area contributed by atoms with Crippen molar-refractivity contribution in [1.82, 2.24) is 15.1 Å². The van der Waals surface area contributed by atoms with Gasteiger partial charge in [0, 0.05) is 15.3 Å². The maximum atomic E-state index is 12.0. The summed E-state index contributed by atoms with van der Waals surface area (Å²) in [6, 6.07) is 5.91. The van der Waals surface area contributed by atoms with Crippen molar-refractivity contribution in [3.63, 3.8) is 0 Å². The summed E-state index contributed by atoms with van der Waals surface area (Å²) in [6.45, 7) is 3.39. The average Bonchev–Trinajstić information content (AvgIpc) is 3.19. The molecule has 0 saturated carbocycles. The minimum atomic E-state index is 0. The molecule has 5 nitrogen and oxygen atoms in total. The molecule has 0 aromatic carbocycles. The number of piperidine rings is 1. The Bertz CT molecular complexity index is 597. The van der Waals surface area contributed by atoms with Crippen molar-refractivity contribution in [1.29, 1.82) is 0 Å². The van der Waals surface area contributed by atoms with Crippen molar-refractivity contribution >= 4 is 23.1 Å². The third-order valence-electron chi connectivity index (χ3n) is 3.96. The molecule has 3 heterocycles.